The number of halogens is 1. The van der Waals surface area contributed by atoms with Crippen LogP contribution in [-0.2, 0) is 6.42 Å². The molecule has 1 aliphatic rings. The molecular weight excluding hydrogens is 234 g/mol. The fourth-order valence-electron chi connectivity index (χ4n) is 2.60. The summed E-state index contributed by atoms with van der Waals surface area (Å²) in [6.07, 6.45) is 0.0199. The van der Waals surface area contributed by atoms with Crippen molar-refractivity contribution in [1.82, 2.24) is 0 Å². The molecular formula is C14H14ClNO. The van der Waals surface area contributed by atoms with Crippen LogP contribution in [0.15, 0.2) is 36.4 Å². The minimum absolute atomic E-state index is 0.282. The molecule has 2 aromatic carbocycles. The second kappa shape index (κ2) is 3.98. The minimum atomic E-state index is -0.662. The molecule has 0 unspecified atom stereocenters. The van der Waals surface area contributed by atoms with Gasteiger partial charge in [-0.25, -0.2) is 0 Å². The van der Waals surface area contributed by atoms with Gasteiger partial charge in [0.05, 0.1) is 11.5 Å². The molecule has 3 N–H and O–H groups in total. The summed E-state index contributed by atoms with van der Waals surface area (Å²) in [4.78, 5) is 0. The molecule has 3 atom stereocenters. The molecule has 3 rings (SSSR count). The quantitative estimate of drug-likeness (QED) is 0.702. The molecule has 0 fully saturated rings. The van der Waals surface area contributed by atoms with Crippen LogP contribution in [0.4, 0.5) is 0 Å². The maximum atomic E-state index is 9.91. The Kier molecular flexibility index (Phi) is 2.58. The van der Waals surface area contributed by atoms with Gasteiger partial charge in [0.1, 0.15) is 0 Å². The summed E-state index contributed by atoms with van der Waals surface area (Å²) >= 11 is 6.26. The van der Waals surface area contributed by atoms with E-state index in [4.69, 9.17) is 17.3 Å². The third-order valence-electron chi connectivity index (χ3n) is 3.55. The lowest BCUT2D eigenvalue weighted by atomic mass is 9.83. The number of rotatable bonds is 0. The summed E-state index contributed by atoms with van der Waals surface area (Å²) in [5.41, 5.74) is 8.13. The average Bonchev–Trinajstić information content (AvgIpc) is 2.36. The van der Waals surface area contributed by atoms with Crippen molar-refractivity contribution in [2.45, 2.75) is 23.9 Å². The molecule has 0 saturated heterocycles. The Labute approximate surface area is 105 Å². The first-order valence-corrected chi connectivity index (χ1v) is 6.20. The smallest absolute Gasteiger partial charge is 0.0898 e. The maximum Gasteiger partial charge on any atom is 0.0898 e. The van der Waals surface area contributed by atoms with E-state index in [1.165, 1.54) is 16.3 Å². The molecule has 0 aromatic heterocycles. The first-order chi connectivity index (χ1) is 8.18. The van der Waals surface area contributed by atoms with Crippen molar-refractivity contribution in [3.05, 3.63) is 47.5 Å². The van der Waals surface area contributed by atoms with E-state index in [0.717, 1.165) is 5.56 Å². The number of hydrogen-bond acceptors (Lipinski definition) is 2. The summed E-state index contributed by atoms with van der Waals surface area (Å²) in [5.74, 6) is 0. The van der Waals surface area contributed by atoms with Crippen LogP contribution in [0.1, 0.15) is 16.5 Å². The summed E-state index contributed by atoms with van der Waals surface area (Å²) in [5, 5.41) is 11.9. The Morgan fingerprint density at radius 3 is 2.76 bits per heavy atom. The van der Waals surface area contributed by atoms with Gasteiger partial charge in [0.15, 0.2) is 0 Å². The zero-order chi connectivity index (χ0) is 12.0. The van der Waals surface area contributed by atoms with Crippen LogP contribution in [0.5, 0.6) is 0 Å². The molecule has 0 spiro atoms. The van der Waals surface area contributed by atoms with Crippen LogP contribution >= 0.6 is 11.6 Å². The molecule has 0 aliphatic heterocycles. The van der Waals surface area contributed by atoms with Gasteiger partial charge in [0.2, 0.25) is 0 Å². The Morgan fingerprint density at radius 1 is 1.18 bits per heavy atom. The number of alkyl halides is 1. The number of aliphatic hydroxyl groups is 1. The highest BCUT2D eigenvalue weighted by Crippen LogP contribution is 2.37. The van der Waals surface area contributed by atoms with E-state index in [-0.39, 0.29) is 6.04 Å². The van der Waals surface area contributed by atoms with E-state index in [9.17, 15) is 5.11 Å². The molecule has 2 aromatic rings. The zero-order valence-corrected chi connectivity index (χ0v) is 10.1. The van der Waals surface area contributed by atoms with E-state index >= 15 is 0 Å². The van der Waals surface area contributed by atoms with Crippen molar-refractivity contribution in [3.8, 4) is 0 Å². The Hall–Kier alpha value is -1.09. The largest absolute Gasteiger partial charge is 0.390 e. The molecule has 2 nitrogen and oxygen atoms in total. The molecule has 1 aliphatic carbocycles. The molecule has 0 radical (unpaired) electrons. The van der Waals surface area contributed by atoms with E-state index in [1.54, 1.807) is 0 Å². The number of aliphatic hydroxyl groups excluding tert-OH is 1. The fraction of sp³-hybridized carbons (Fsp3) is 0.286. The van der Waals surface area contributed by atoms with Gasteiger partial charge < -0.3 is 10.8 Å². The second-order valence-corrected chi connectivity index (χ2v) is 5.09. The highest BCUT2D eigenvalue weighted by molar-refractivity contribution is 6.21. The molecule has 0 amide bonds. The highest BCUT2D eigenvalue weighted by Gasteiger charge is 2.32. The van der Waals surface area contributed by atoms with Gasteiger partial charge in [-0.3, -0.25) is 0 Å². The van der Waals surface area contributed by atoms with Gasteiger partial charge in [-0.1, -0.05) is 36.4 Å². The van der Waals surface area contributed by atoms with E-state index in [1.807, 2.05) is 24.3 Å². The lowest BCUT2D eigenvalue weighted by Crippen LogP contribution is -2.42. The third-order valence-corrected chi connectivity index (χ3v) is 4.05. The first kappa shape index (κ1) is 11.0. The Balaban J connectivity index is 2.27. The number of fused-ring (bicyclic) bond motifs is 3. The Bertz CT molecular complexity index is 569. The fourth-order valence-corrected chi connectivity index (χ4v) is 2.99. The van der Waals surface area contributed by atoms with E-state index < -0.39 is 11.5 Å². The maximum absolute atomic E-state index is 9.91. The van der Waals surface area contributed by atoms with Gasteiger partial charge in [-0.2, -0.15) is 0 Å². The van der Waals surface area contributed by atoms with Crippen molar-refractivity contribution in [2.24, 2.45) is 5.73 Å². The summed E-state index contributed by atoms with van der Waals surface area (Å²) in [6, 6.07) is 12.0. The normalized spacial score (nSPS) is 28.1. The average molecular weight is 248 g/mol. The predicted octanol–water partition coefficient (Wildman–Crippen LogP) is 2.36. The number of hydrogen-bond donors (Lipinski definition) is 2. The molecule has 0 bridgehead atoms. The van der Waals surface area contributed by atoms with Gasteiger partial charge in [0, 0.05) is 6.04 Å². The first-order valence-electron chi connectivity index (χ1n) is 5.76. The SMILES string of the molecule is N[C@H]1Cc2c(ccc3ccccc23)[C@H](Cl)[C@@H]1O. The second-order valence-electron chi connectivity index (χ2n) is 4.61. The zero-order valence-electron chi connectivity index (χ0n) is 9.31. The number of benzene rings is 2. The summed E-state index contributed by atoms with van der Waals surface area (Å²) < 4.78 is 0. The Morgan fingerprint density at radius 2 is 1.94 bits per heavy atom. The molecule has 17 heavy (non-hydrogen) atoms. The van der Waals surface area contributed by atoms with Crippen molar-refractivity contribution < 1.29 is 5.11 Å². The van der Waals surface area contributed by atoms with Crippen LogP contribution in [-0.4, -0.2) is 17.3 Å². The molecule has 0 saturated carbocycles. The van der Waals surface area contributed by atoms with Crippen LogP contribution in [0, 0.1) is 0 Å². The van der Waals surface area contributed by atoms with Crippen molar-refractivity contribution in [1.29, 1.82) is 0 Å². The topological polar surface area (TPSA) is 46.2 Å². The van der Waals surface area contributed by atoms with E-state index in [0.29, 0.717) is 6.42 Å². The predicted molar refractivity (Wildman–Crippen MR) is 70.2 cm³/mol. The highest BCUT2D eigenvalue weighted by atomic mass is 35.5. The van der Waals surface area contributed by atoms with Crippen molar-refractivity contribution in [3.63, 3.8) is 0 Å². The van der Waals surface area contributed by atoms with E-state index in [2.05, 4.69) is 12.1 Å². The monoisotopic (exact) mass is 247 g/mol. The number of nitrogens with two attached hydrogens (primary N) is 1. The molecule has 88 valence electrons. The lowest BCUT2D eigenvalue weighted by molar-refractivity contribution is 0.132. The summed E-state index contributed by atoms with van der Waals surface area (Å²) in [7, 11) is 0. The van der Waals surface area contributed by atoms with Gasteiger partial charge >= 0.3 is 0 Å². The van der Waals surface area contributed by atoms with Gasteiger partial charge in [-0.15, -0.1) is 11.6 Å². The van der Waals surface area contributed by atoms with Crippen LogP contribution in [0.25, 0.3) is 10.8 Å². The van der Waals surface area contributed by atoms with Crippen molar-refractivity contribution >= 4 is 22.4 Å². The summed E-state index contributed by atoms with van der Waals surface area (Å²) in [6.45, 7) is 0. The van der Waals surface area contributed by atoms with Gasteiger partial charge in [0.25, 0.3) is 0 Å². The van der Waals surface area contributed by atoms with Crippen molar-refractivity contribution in [2.75, 3.05) is 0 Å². The molecule has 0 heterocycles. The standard InChI is InChI=1S/C14H14ClNO/c15-13-10-6-5-8-3-1-2-4-9(8)11(10)7-12(16)14(13)17/h1-6,12-14,17H,7,16H2/t12-,13-,14+/m0/s1. The van der Waals surface area contributed by atoms with Crippen LogP contribution in [0.3, 0.4) is 0 Å². The lowest BCUT2D eigenvalue weighted by Gasteiger charge is -2.32. The van der Waals surface area contributed by atoms with Gasteiger partial charge in [-0.05, 0) is 28.3 Å². The third kappa shape index (κ3) is 1.64. The van der Waals surface area contributed by atoms with Crippen LogP contribution in [0.2, 0.25) is 0 Å². The molecule has 3 heteroatoms. The van der Waals surface area contributed by atoms with Crippen LogP contribution < -0.4 is 5.73 Å². The minimum Gasteiger partial charge on any atom is -0.390 e.